The van der Waals surface area contributed by atoms with E-state index >= 15 is 0 Å². The first kappa shape index (κ1) is 48.3. The third kappa shape index (κ3) is 28.4. The summed E-state index contributed by atoms with van der Waals surface area (Å²) in [5.74, 6) is 1.73. The van der Waals surface area contributed by atoms with Crippen LogP contribution in [-0.2, 0) is 19.5 Å². The fourth-order valence-electron chi connectivity index (χ4n) is 3.56. The van der Waals surface area contributed by atoms with E-state index in [1.165, 1.54) is 0 Å². The van der Waals surface area contributed by atoms with Crippen molar-refractivity contribution in [1.29, 1.82) is 0 Å². The van der Waals surface area contributed by atoms with E-state index in [2.05, 4.69) is 29.9 Å². The summed E-state index contributed by atoms with van der Waals surface area (Å²) in [5.41, 5.74) is 9.27. The zero-order valence-electron chi connectivity index (χ0n) is 27.8. The van der Waals surface area contributed by atoms with Crippen LogP contribution in [0.4, 0.5) is 62.0 Å². The van der Waals surface area contributed by atoms with E-state index in [0.29, 0.717) is 13.1 Å². The van der Waals surface area contributed by atoms with Crippen LogP contribution in [0, 0.1) is 0 Å². The molecule has 0 amide bonds. The van der Waals surface area contributed by atoms with Gasteiger partial charge in [-0.1, -0.05) is 36.4 Å². The van der Waals surface area contributed by atoms with Crippen molar-refractivity contribution in [2.45, 2.75) is 0 Å². The Labute approximate surface area is 319 Å². The normalized spacial score (nSPS) is 13.0. The van der Waals surface area contributed by atoms with E-state index in [1.54, 1.807) is 37.2 Å². The molecule has 0 saturated heterocycles. The second-order valence-corrected chi connectivity index (χ2v) is 13.9. The smallest absolute Gasteiger partial charge is 0.329 e. The van der Waals surface area contributed by atoms with E-state index < -0.39 is 15.6 Å². The molecule has 2 N–H and O–H groups in total. The molecule has 0 fully saturated rings. The summed E-state index contributed by atoms with van der Waals surface area (Å²) in [6.45, 7) is 1.27. The largest absolute Gasteiger partial charge is 2.00 e. The van der Waals surface area contributed by atoms with Gasteiger partial charge in [0.25, 0.3) is 0 Å². The molecule has 55 heavy (non-hydrogen) atoms. The maximum atomic E-state index is 9.87. The van der Waals surface area contributed by atoms with Gasteiger partial charge < -0.3 is 10.6 Å². The Morgan fingerprint density at radius 1 is 0.382 bits per heavy atom. The topological polar surface area (TPSA) is 107 Å². The van der Waals surface area contributed by atoms with Crippen molar-refractivity contribution < 1.29 is 69.8 Å². The third-order valence-corrected chi connectivity index (χ3v) is 5.39. The first-order chi connectivity index (χ1) is 24.7. The van der Waals surface area contributed by atoms with Gasteiger partial charge in [0.1, 0.15) is 11.6 Å². The summed E-state index contributed by atoms with van der Waals surface area (Å²) >= 11 is 0. The summed E-state index contributed by atoms with van der Waals surface area (Å²) in [4.78, 5) is 27.4. The second kappa shape index (κ2) is 18.8. The molecule has 6 aromatic heterocycles. The van der Waals surface area contributed by atoms with Gasteiger partial charge >= 0.3 is 85.5 Å². The van der Waals surface area contributed by atoms with Crippen molar-refractivity contribution >= 4 is 27.3 Å². The summed E-state index contributed by atoms with van der Waals surface area (Å²) in [6, 6.07) is 34.8. The van der Waals surface area contributed by atoms with Crippen LogP contribution in [-0.4, -0.2) is 43.0 Å². The van der Waals surface area contributed by atoms with Crippen LogP contribution in [0.25, 0.3) is 22.8 Å². The number of rotatable bonds is 6. The Morgan fingerprint density at radius 3 is 0.764 bits per heavy atom. The maximum absolute atomic E-state index is 10.7. The predicted octanol–water partition coefficient (Wildman–Crippen LogP) is 12.6. The minimum atomic E-state index is -10.7. The standard InChI is InChI=1S/C12H14N4.2C10H8N2.2F6P.Ru/c13-7-10-16(11-5-1-3-8-14-11)12-6-2-4-9-15-12;2*1-3-7-11-9(5-1)10-6-2-4-8-12-10;2*1-7(2,3,4,5)6;/h1-6,8-9H,7,10,13H2;2*1-8H;;;/q;;;2*-1;+2. The molecule has 0 aliphatic carbocycles. The third-order valence-electron chi connectivity index (χ3n) is 5.39. The second-order valence-electron chi connectivity index (χ2n) is 10.1. The molecule has 0 atom stereocenters. The van der Waals surface area contributed by atoms with Gasteiger partial charge in [-0.05, 0) is 72.8 Å². The van der Waals surface area contributed by atoms with E-state index in [9.17, 15) is 50.4 Å². The molecule has 300 valence electrons. The monoisotopic (exact) mass is 918 g/mol. The first-order valence-corrected chi connectivity index (χ1v) is 18.9. The van der Waals surface area contributed by atoms with E-state index in [4.69, 9.17) is 5.73 Å². The van der Waals surface area contributed by atoms with Gasteiger partial charge in [-0.15, -0.1) is 0 Å². The molecule has 8 nitrogen and oxygen atoms in total. The summed E-state index contributed by atoms with van der Waals surface area (Å²) < 4.78 is 118. The average molecular weight is 918 g/mol. The Morgan fingerprint density at radius 2 is 0.600 bits per heavy atom. The molecule has 0 spiro atoms. The zero-order valence-corrected chi connectivity index (χ0v) is 31.3. The van der Waals surface area contributed by atoms with Crippen molar-refractivity contribution in [3.8, 4) is 22.8 Å². The number of nitrogens with zero attached hydrogens (tertiary/aromatic N) is 7. The molecule has 0 aliphatic rings. The van der Waals surface area contributed by atoms with Crippen molar-refractivity contribution in [3.63, 3.8) is 0 Å². The summed E-state index contributed by atoms with van der Waals surface area (Å²) in [7, 11) is -21.3. The number of hydrogen-bond donors (Lipinski definition) is 1. The van der Waals surface area contributed by atoms with Gasteiger partial charge in [0.05, 0.1) is 22.8 Å². The number of pyridine rings is 6. The van der Waals surface area contributed by atoms with Gasteiger partial charge in [-0.2, -0.15) is 0 Å². The van der Waals surface area contributed by atoms with E-state index in [1.807, 2.05) is 114 Å². The van der Waals surface area contributed by atoms with Gasteiger partial charge in [0.15, 0.2) is 0 Å². The fraction of sp³-hybridized carbons (Fsp3) is 0.0625. The van der Waals surface area contributed by atoms with Crippen LogP contribution >= 0.6 is 15.6 Å². The molecule has 0 aromatic carbocycles. The van der Waals surface area contributed by atoms with Gasteiger partial charge in [0.2, 0.25) is 0 Å². The van der Waals surface area contributed by atoms with Crippen LogP contribution in [0.3, 0.4) is 0 Å². The van der Waals surface area contributed by atoms with Crippen molar-refractivity contribution in [2.24, 2.45) is 5.73 Å². The zero-order chi connectivity index (χ0) is 40.5. The van der Waals surface area contributed by atoms with E-state index in [-0.39, 0.29) is 19.5 Å². The summed E-state index contributed by atoms with van der Waals surface area (Å²) in [5, 5.41) is 0. The van der Waals surface area contributed by atoms with Crippen LogP contribution < -0.4 is 10.6 Å². The molecule has 6 heterocycles. The number of halogens is 12. The molecule has 6 rings (SSSR count). The minimum Gasteiger partial charge on any atom is -0.329 e. The first-order valence-electron chi connectivity index (χ1n) is 14.8. The Balaban J connectivity index is 0.000000355. The molecule has 0 bridgehead atoms. The van der Waals surface area contributed by atoms with Crippen molar-refractivity contribution in [3.05, 3.63) is 146 Å². The molecule has 23 heteroatoms. The minimum absolute atomic E-state index is 0. The van der Waals surface area contributed by atoms with Gasteiger partial charge in [0, 0.05) is 50.3 Å². The number of hydrogen-bond acceptors (Lipinski definition) is 8. The Hall–Kier alpha value is -4.70. The van der Waals surface area contributed by atoms with Gasteiger partial charge in [-0.3, -0.25) is 19.9 Å². The molecular weight excluding hydrogens is 887 g/mol. The SMILES string of the molecule is F[P-](F)(F)(F)(F)F.F[P-](F)(F)(F)(F)F.NCCN(c1ccccn1)c1ccccn1.[Ru+2].c1ccc(-c2ccccn2)nc1.c1ccc(-c2ccccn2)nc1. The van der Waals surface area contributed by atoms with Crippen LogP contribution in [0.5, 0.6) is 0 Å². The Bertz CT molecular complexity index is 1710. The van der Waals surface area contributed by atoms with Gasteiger partial charge in [-0.25, -0.2) is 9.97 Å². The van der Waals surface area contributed by atoms with Crippen LogP contribution in [0.1, 0.15) is 0 Å². The average Bonchev–Trinajstić information content (AvgIpc) is 3.11. The van der Waals surface area contributed by atoms with E-state index in [0.717, 1.165) is 34.4 Å². The Kier molecular flexibility index (Phi) is 16.5. The number of anilines is 2. The summed E-state index contributed by atoms with van der Waals surface area (Å²) in [6.07, 6.45) is 10.6. The molecule has 0 aliphatic heterocycles. The van der Waals surface area contributed by atoms with Crippen LogP contribution in [0.2, 0.25) is 0 Å². The number of aromatic nitrogens is 6. The molecule has 0 radical (unpaired) electrons. The quantitative estimate of drug-likeness (QED) is 0.100. The molecule has 0 saturated carbocycles. The molecular formula is C32H30F12N8P2Ru. The predicted molar refractivity (Wildman–Crippen MR) is 187 cm³/mol. The molecule has 0 unspecified atom stereocenters. The van der Waals surface area contributed by atoms with Crippen molar-refractivity contribution in [1.82, 2.24) is 29.9 Å². The van der Waals surface area contributed by atoms with Crippen LogP contribution in [0.15, 0.2) is 146 Å². The maximum Gasteiger partial charge on any atom is 2.00 e. The van der Waals surface area contributed by atoms with Crippen molar-refractivity contribution in [2.75, 3.05) is 18.0 Å². The fourth-order valence-corrected chi connectivity index (χ4v) is 3.56. The molecule has 6 aromatic rings. The number of nitrogens with two attached hydrogens (primary N) is 1.